The lowest BCUT2D eigenvalue weighted by Crippen LogP contribution is -2.44. The summed E-state index contributed by atoms with van der Waals surface area (Å²) in [6, 6.07) is 5.93. The zero-order valence-corrected chi connectivity index (χ0v) is 14.7. The standard InChI is InChI=1S/C20H27NO4/c22-20(16-6-7-18-19(12-16)25-11-10-24-18)21(13-15-8-9-23-14-15)17-4-2-1-3-5-17/h6-7,12,15,17H,1-5,8-11,13-14H2/t15-/m1/s1. The molecule has 0 radical (unpaired) electrons. The van der Waals surface area contributed by atoms with Gasteiger partial charge in [-0.3, -0.25) is 4.79 Å². The lowest BCUT2D eigenvalue weighted by Gasteiger charge is -2.36. The van der Waals surface area contributed by atoms with Crippen molar-refractivity contribution < 1.29 is 19.0 Å². The number of carbonyl (C=O) groups excluding carboxylic acids is 1. The van der Waals surface area contributed by atoms with Crippen LogP contribution in [0.4, 0.5) is 0 Å². The molecule has 0 unspecified atom stereocenters. The molecule has 25 heavy (non-hydrogen) atoms. The quantitative estimate of drug-likeness (QED) is 0.840. The second-order valence-electron chi connectivity index (χ2n) is 7.34. The maximum atomic E-state index is 13.3. The normalized spacial score (nSPS) is 23.4. The molecule has 1 saturated carbocycles. The van der Waals surface area contributed by atoms with Crippen LogP contribution in [0.1, 0.15) is 48.9 Å². The Morgan fingerprint density at radius 3 is 2.56 bits per heavy atom. The summed E-state index contributed by atoms with van der Waals surface area (Å²) < 4.78 is 16.8. The van der Waals surface area contributed by atoms with Crippen molar-refractivity contribution in [2.24, 2.45) is 5.92 Å². The predicted octanol–water partition coefficient (Wildman–Crippen LogP) is 3.27. The number of nitrogens with zero attached hydrogens (tertiary/aromatic N) is 1. The van der Waals surface area contributed by atoms with Crippen molar-refractivity contribution in [1.29, 1.82) is 0 Å². The fourth-order valence-electron chi connectivity index (χ4n) is 4.14. The second kappa shape index (κ2) is 7.65. The molecule has 1 aliphatic carbocycles. The molecule has 1 amide bonds. The van der Waals surface area contributed by atoms with E-state index in [0.29, 0.717) is 36.5 Å². The SMILES string of the molecule is O=C(c1ccc2c(c1)OCCO2)N(C[C@H]1CCOC1)C1CCCCC1. The fourth-order valence-corrected chi connectivity index (χ4v) is 4.14. The number of hydrogen-bond donors (Lipinski definition) is 0. The van der Waals surface area contributed by atoms with E-state index in [2.05, 4.69) is 4.90 Å². The van der Waals surface area contributed by atoms with Gasteiger partial charge < -0.3 is 19.1 Å². The second-order valence-corrected chi connectivity index (χ2v) is 7.34. The molecule has 5 heteroatoms. The van der Waals surface area contributed by atoms with E-state index in [1.807, 2.05) is 18.2 Å². The molecule has 1 saturated heterocycles. The van der Waals surface area contributed by atoms with E-state index in [4.69, 9.17) is 14.2 Å². The molecular weight excluding hydrogens is 318 g/mol. The van der Waals surface area contributed by atoms with Crippen LogP contribution in [0.5, 0.6) is 11.5 Å². The van der Waals surface area contributed by atoms with Gasteiger partial charge in [-0.1, -0.05) is 19.3 Å². The highest BCUT2D eigenvalue weighted by Crippen LogP contribution is 2.32. The van der Waals surface area contributed by atoms with Crippen LogP contribution >= 0.6 is 0 Å². The van der Waals surface area contributed by atoms with E-state index in [9.17, 15) is 4.79 Å². The van der Waals surface area contributed by atoms with Crippen molar-refractivity contribution in [3.05, 3.63) is 23.8 Å². The highest BCUT2D eigenvalue weighted by molar-refractivity contribution is 5.95. The average molecular weight is 345 g/mol. The first-order valence-corrected chi connectivity index (χ1v) is 9.59. The third-order valence-electron chi connectivity index (χ3n) is 5.54. The van der Waals surface area contributed by atoms with Crippen LogP contribution in [0.2, 0.25) is 0 Å². The minimum Gasteiger partial charge on any atom is -0.486 e. The largest absolute Gasteiger partial charge is 0.486 e. The third-order valence-corrected chi connectivity index (χ3v) is 5.54. The van der Waals surface area contributed by atoms with Crippen molar-refractivity contribution in [2.75, 3.05) is 33.0 Å². The van der Waals surface area contributed by atoms with Gasteiger partial charge in [-0.25, -0.2) is 0 Å². The van der Waals surface area contributed by atoms with Crippen LogP contribution in [0.15, 0.2) is 18.2 Å². The van der Waals surface area contributed by atoms with Gasteiger partial charge in [0.05, 0.1) is 6.61 Å². The number of amides is 1. The minimum absolute atomic E-state index is 0.121. The van der Waals surface area contributed by atoms with Crippen LogP contribution in [-0.2, 0) is 4.74 Å². The summed E-state index contributed by atoms with van der Waals surface area (Å²) >= 11 is 0. The number of fused-ring (bicyclic) bond motifs is 1. The van der Waals surface area contributed by atoms with Crippen LogP contribution in [0.25, 0.3) is 0 Å². The Morgan fingerprint density at radius 2 is 1.80 bits per heavy atom. The summed E-state index contributed by atoms with van der Waals surface area (Å²) in [5, 5.41) is 0. The first-order chi connectivity index (χ1) is 12.3. The number of hydrogen-bond acceptors (Lipinski definition) is 4. The molecule has 2 fully saturated rings. The van der Waals surface area contributed by atoms with Crippen molar-refractivity contribution in [2.45, 2.75) is 44.6 Å². The number of ether oxygens (including phenoxy) is 3. The van der Waals surface area contributed by atoms with E-state index < -0.39 is 0 Å². The van der Waals surface area contributed by atoms with Crippen molar-refractivity contribution >= 4 is 5.91 Å². The summed E-state index contributed by atoms with van der Waals surface area (Å²) in [7, 11) is 0. The highest BCUT2D eigenvalue weighted by Gasteiger charge is 2.30. The molecule has 0 bridgehead atoms. The Balaban J connectivity index is 1.55. The Hall–Kier alpha value is -1.75. The molecule has 0 aromatic heterocycles. The number of benzene rings is 1. The van der Waals surface area contributed by atoms with Crippen LogP contribution in [-0.4, -0.2) is 49.8 Å². The van der Waals surface area contributed by atoms with Gasteiger partial charge in [0.2, 0.25) is 0 Å². The van der Waals surface area contributed by atoms with Gasteiger partial charge in [-0.05, 0) is 37.5 Å². The topological polar surface area (TPSA) is 48.0 Å². The van der Waals surface area contributed by atoms with Gasteiger partial charge in [0, 0.05) is 30.7 Å². The van der Waals surface area contributed by atoms with E-state index in [-0.39, 0.29) is 5.91 Å². The van der Waals surface area contributed by atoms with E-state index in [0.717, 1.165) is 44.8 Å². The first kappa shape index (κ1) is 16.7. The molecule has 136 valence electrons. The van der Waals surface area contributed by atoms with Crippen LogP contribution < -0.4 is 9.47 Å². The van der Waals surface area contributed by atoms with Crippen molar-refractivity contribution in [1.82, 2.24) is 4.90 Å². The maximum absolute atomic E-state index is 13.3. The van der Waals surface area contributed by atoms with Gasteiger partial charge in [0.1, 0.15) is 13.2 Å². The molecule has 3 aliphatic rings. The average Bonchev–Trinajstić information content (AvgIpc) is 3.19. The molecule has 4 rings (SSSR count). The monoisotopic (exact) mass is 345 g/mol. The minimum atomic E-state index is 0.121. The maximum Gasteiger partial charge on any atom is 0.254 e. The third kappa shape index (κ3) is 3.76. The van der Waals surface area contributed by atoms with Gasteiger partial charge in [-0.2, -0.15) is 0 Å². The summed E-state index contributed by atoms with van der Waals surface area (Å²) in [5.74, 6) is 2.00. The van der Waals surface area contributed by atoms with Crippen molar-refractivity contribution in [3.8, 4) is 11.5 Å². The molecule has 1 aromatic carbocycles. The molecular formula is C20H27NO4. The Labute approximate surface area is 149 Å². The predicted molar refractivity (Wildman–Crippen MR) is 94.3 cm³/mol. The van der Waals surface area contributed by atoms with E-state index >= 15 is 0 Å². The molecule has 5 nitrogen and oxygen atoms in total. The lowest BCUT2D eigenvalue weighted by molar-refractivity contribution is 0.0581. The van der Waals surface area contributed by atoms with Gasteiger partial charge in [0.15, 0.2) is 11.5 Å². The molecule has 2 heterocycles. The molecule has 1 aromatic rings. The van der Waals surface area contributed by atoms with Gasteiger partial charge in [0.25, 0.3) is 5.91 Å². The Kier molecular flexibility index (Phi) is 5.11. The highest BCUT2D eigenvalue weighted by atomic mass is 16.6. The Morgan fingerprint density at radius 1 is 1.00 bits per heavy atom. The Bertz CT molecular complexity index is 606. The molecule has 1 atom stereocenters. The van der Waals surface area contributed by atoms with Gasteiger partial charge in [-0.15, -0.1) is 0 Å². The number of rotatable bonds is 4. The molecule has 0 N–H and O–H groups in total. The van der Waals surface area contributed by atoms with Crippen molar-refractivity contribution in [3.63, 3.8) is 0 Å². The first-order valence-electron chi connectivity index (χ1n) is 9.59. The van der Waals surface area contributed by atoms with Gasteiger partial charge >= 0.3 is 0 Å². The lowest BCUT2D eigenvalue weighted by atomic mass is 9.92. The van der Waals surface area contributed by atoms with Crippen LogP contribution in [0.3, 0.4) is 0 Å². The summed E-state index contributed by atoms with van der Waals surface area (Å²) in [6.07, 6.45) is 7.01. The zero-order chi connectivity index (χ0) is 17.1. The summed E-state index contributed by atoms with van der Waals surface area (Å²) in [6.45, 7) is 3.50. The zero-order valence-electron chi connectivity index (χ0n) is 14.7. The smallest absolute Gasteiger partial charge is 0.254 e. The fraction of sp³-hybridized carbons (Fsp3) is 0.650. The van der Waals surface area contributed by atoms with E-state index in [1.54, 1.807) is 0 Å². The molecule has 0 spiro atoms. The summed E-state index contributed by atoms with van der Waals surface area (Å²) in [4.78, 5) is 15.4. The molecule has 2 aliphatic heterocycles. The number of carbonyl (C=O) groups is 1. The summed E-state index contributed by atoms with van der Waals surface area (Å²) in [5.41, 5.74) is 0.703. The van der Waals surface area contributed by atoms with Crippen LogP contribution in [0, 0.1) is 5.92 Å². The van der Waals surface area contributed by atoms with E-state index in [1.165, 1.54) is 19.3 Å².